The van der Waals surface area contributed by atoms with Crippen LogP contribution in [0.25, 0.3) is 0 Å². The summed E-state index contributed by atoms with van der Waals surface area (Å²) in [5.74, 6) is -2.00. The van der Waals surface area contributed by atoms with Crippen LogP contribution in [0.1, 0.15) is 26.3 Å². The monoisotopic (exact) mass is 399 g/mol. The largest absolute Gasteiger partial charge is 0.453 e. The van der Waals surface area contributed by atoms with Crippen LogP contribution in [-0.4, -0.2) is 15.9 Å². The normalized spacial score (nSPS) is 10.4. The number of ketones is 1. The highest BCUT2D eigenvalue weighted by Gasteiger charge is 2.24. The molecular formula is C20H11ClFNO5. The van der Waals surface area contributed by atoms with Gasteiger partial charge in [-0.15, -0.1) is 0 Å². The quantitative estimate of drug-likeness (QED) is 0.248. The van der Waals surface area contributed by atoms with Gasteiger partial charge in [-0.05, 0) is 48.0 Å². The summed E-state index contributed by atoms with van der Waals surface area (Å²) in [5.41, 5.74) is -0.752. The van der Waals surface area contributed by atoms with E-state index in [9.17, 15) is 19.7 Å². The van der Waals surface area contributed by atoms with Crippen LogP contribution < -0.4 is 4.74 Å². The van der Waals surface area contributed by atoms with E-state index in [2.05, 4.69) is 0 Å². The van der Waals surface area contributed by atoms with E-state index in [0.717, 1.165) is 18.2 Å². The summed E-state index contributed by atoms with van der Waals surface area (Å²) in [4.78, 5) is 34.4. The van der Waals surface area contributed by atoms with Crippen LogP contribution in [-0.2, 0) is 0 Å². The number of nitro benzene ring substituents is 1. The van der Waals surface area contributed by atoms with Crippen LogP contribution in [0, 0.1) is 15.9 Å². The van der Waals surface area contributed by atoms with Gasteiger partial charge >= 0.3 is 0 Å². The van der Waals surface area contributed by atoms with E-state index >= 15 is 4.39 Å². The van der Waals surface area contributed by atoms with Crippen molar-refractivity contribution in [2.24, 2.45) is 0 Å². The number of halogens is 2. The minimum Gasteiger partial charge on any atom is -0.453 e. The van der Waals surface area contributed by atoms with E-state index in [1.165, 1.54) is 18.2 Å². The second kappa shape index (κ2) is 7.98. The van der Waals surface area contributed by atoms with Crippen molar-refractivity contribution >= 4 is 28.3 Å². The number of hydrogen-bond donors (Lipinski definition) is 0. The predicted octanol–water partition coefficient (Wildman–Crippen LogP) is 5.14. The molecule has 0 spiro atoms. The predicted molar refractivity (Wildman–Crippen MR) is 99.6 cm³/mol. The number of nitrogens with zero attached hydrogens (tertiary/aromatic N) is 1. The Labute approximate surface area is 163 Å². The standard InChI is InChI=1S/C20H11ClFNO5/c21-20(25)16-11-10-15(17(22)19(16)28-14-4-2-1-3-5-14)18(24)12-6-8-13(9-7-12)23(26)27/h1-11H. The van der Waals surface area contributed by atoms with Gasteiger partial charge < -0.3 is 4.74 Å². The van der Waals surface area contributed by atoms with Gasteiger partial charge in [0.25, 0.3) is 10.9 Å². The topological polar surface area (TPSA) is 86.5 Å². The van der Waals surface area contributed by atoms with Crippen LogP contribution in [0.4, 0.5) is 10.1 Å². The highest BCUT2D eigenvalue weighted by Crippen LogP contribution is 2.32. The Balaban J connectivity index is 2.04. The van der Waals surface area contributed by atoms with E-state index in [1.54, 1.807) is 30.3 Å². The lowest BCUT2D eigenvalue weighted by Crippen LogP contribution is -2.08. The number of carbonyl (C=O) groups excluding carboxylic acids is 2. The molecule has 3 aromatic rings. The number of rotatable bonds is 6. The Morgan fingerprint density at radius 1 is 0.929 bits per heavy atom. The second-order valence-corrected chi connectivity index (χ2v) is 5.97. The average Bonchev–Trinajstić information content (AvgIpc) is 2.69. The van der Waals surface area contributed by atoms with E-state index < -0.39 is 27.5 Å². The molecule has 0 amide bonds. The maximum atomic E-state index is 15.1. The van der Waals surface area contributed by atoms with Gasteiger partial charge in [-0.1, -0.05) is 18.2 Å². The smallest absolute Gasteiger partial charge is 0.269 e. The van der Waals surface area contributed by atoms with Crippen molar-refractivity contribution in [2.75, 3.05) is 0 Å². The van der Waals surface area contributed by atoms with Crippen molar-refractivity contribution in [1.29, 1.82) is 0 Å². The molecule has 3 aromatic carbocycles. The molecule has 28 heavy (non-hydrogen) atoms. The molecule has 0 aliphatic heterocycles. The maximum Gasteiger partial charge on any atom is 0.269 e. The maximum absolute atomic E-state index is 15.1. The molecule has 0 atom stereocenters. The number of hydrogen-bond acceptors (Lipinski definition) is 5. The van der Waals surface area contributed by atoms with Gasteiger partial charge in [0.15, 0.2) is 17.3 Å². The molecule has 140 valence electrons. The summed E-state index contributed by atoms with van der Waals surface area (Å²) in [6.07, 6.45) is 0. The summed E-state index contributed by atoms with van der Waals surface area (Å²) in [6, 6.07) is 15.2. The second-order valence-electron chi connectivity index (χ2n) is 5.63. The molecule has 0 fully saturated rings. The van der Waals surface area contributed by atoms with Gasteiger partial charge in [0.1, 0.15) is 5.75 Å². The van der Waals surface area contributed by atoms with Crippen molar-refractivity contribution in [3.63, 3.8) is 0 Å². The van der Waals surface area contributed by atoms with Crippen molar-refractivity contribution in [1.82, 2.24) is 0 Å². The van der Waals surface area contributed by atoms with Crippen LogP contribution >= 0.6 is 11.6 Å². The first-order chi connectivity index (χ1) is 13.4. The number of nitro groups is 1. The van der Waals surface area contributed by atoms with Crippen LogP contribution in [0.3, 0.4) is 0 Å². The first-order valence-corrected chi connectivity index (χ1v) is 8.30. The summed E-state index contributed by atoms with van der Waals surface area (Å²) >= 11 is 5.51. The molecule has 0 saturated carbocycles. The zero-order valence-electron chi connectivity index (χ0n) is 14.1. The molecule has 3 rings (SSSR count). The molecule has 0 bridgehead atoms. The molecule has 8 heteroatoms. The summed E-state index contributed by atoms with van der Waals surface area (Å²) < 4.78 is 20.5. The Kier molecular flexibility index (Phi) is 5.47. The van der Waals surface area contributed by atoms with Crippen LogP contribution in [0.15, 0.2) is 66.7 Å². The third-order valence-electron chi connectivity index (χ3n) is 3.86. The van der Waals surface area contributed by atoms with E-state index in [-0.39, 0.29) is 28.1 Å². The van der Waals surface area contributed by atoms with Crippen LogP contribution in [0.2, 0.25) is 0 Å². The summed E-state index contributed by atoms with van der Waals surface area (Å²) in [6.45, 7) is 0. The fourth-order valence-electron chi connectivity index (χ4n) is 2.48. The third-order valence-corrected chi connectivity index (χ3v) is 4.06. The third kappa shape index (κ3) is 3.89. The first kappa shape index (κ1) is 19.2. The SMILES string of the molecule is O=C(c1ccc([N+](=O)[O-])cc1)c1ccc(C(=O)Cl)c(Oc2ccccc2)c1F. The van der Waals surface area contributed by atoms with Crippen molar-refractivity contribution in [3.8, 4) is 11.5 Å². The molecule has 0 aromatic heterocycles. The van der Waals surface area contributed by atoms with Gasteiger partial charge in [0.05, 0.1) is 16.1 Å². The zero-order chi connectivity index (χ0) is 20.3. The van der Waals surface area contributed by atoms with Crippen molar-refractivity contribution in [2.45, 2.75) is 0 Å². The van der Waals surface area contributed by atoms with Gasteiger partial charge in [-0.25, -0.2) is 4.39 Å². The molecule has 0 saturated heterocycles. The van der Waals surface area contributed by atoms with Gasteiger partial charge in [0.2, 0.25) is 0 Å². The molecule has 0 N–H and O–H groups in total. The van der Waals surface area contributed by atoms with Gasteiger partial charge in [-0.3, -0.25) is 19.7 Å². The average molecular weight is 400 g/mol. The molecule has 0 aliphatic rings. The number of para-hydroxylation sites is 1. The fourth-order valence-corrected chi connectivity index (χ4v) is 2.63. The van der Waals surface area contributed by atoms with Crippen molar-refractivity contribution < 1.29 is 23.6 Å². The number of non-ortho nitro benzene ring substituents is 1. The molecular weight excluding hydrogens is 389 g/mol. The lowest BCUT2D eigenvalue weighted by Gasteiger charge is -2.12. The van der Waals surface area contributed by atoms with Gasteiger partial charge in [-0.2, -0.15) is 0 Å². The number of benzene rings is 3. The fraction of sp³-hybridized carbons (Fsp3) is 0. The van der Waals surface area contributed by atoms with Crippen LogP contribution in [0.5, 0.6) is 11.5 Å². The molecule has 0 unspecified atom stereocenters. The van der Waals surface area contributed by atoms with Crippen molar-refractivity contribution in [3.05, 3.63) is 99.4 Å². The highest BCUT2D eigenvalue weighted by molar-refractivity contribution is 6.68. The summed E-state index contributed by atoms with van der Waals surface area (Å²) in [7, 11) is 0. The number of ether oxygens (including phenoxy) is 1. The Morgan fingerprint density at radius 2 is 1.54 bits per heavy atom. The number of carbonyl (C=O) groups is 2. The Bertz CT molecular complexity index is 1070. The summed E-state index contributed by atoms with van der Waals surface area (Å²) in [5, 5.41) is 9.78. The van der Waals surface area contributed by atoms with Gasteiger partial charge in [0, 0.05) is 17.7 Å². The zero-order valence-corrected chi connectivity index (χ0v) is 14.9. The lowest BCUT2D eigenvalue weighted by atomic mass is 10.0. The molecule has 0 heterocycles. The van der Waals surface area contributed by atoms with E-state index in [1.807, 2.05) is 0 Å². The lowest BCUT2D eigenvalue weighted by molar-refractivity contribution is -0.384. The molecule has 0 aliphatic carbocycles. The minimum atomic E-state index is -1.06. The minimum absolute atomic E-state index is 0.0418. The van der Waals surface area contributed by atoms with E-state index in [4.69, 9.17) is 16.3 Å². The Morgan fingerprint density at radius 3 is 2.11 bits per heavy atom. The first-order valence-electron chi connectivity index (χ1n) is 7.93. The molecule has 0 radical (unpaired) electrons. The molecule has 6 nitrogen and oxygen atoms in total. The van der Waals surface area contributed by atoms with E-state index in [0.29, 0.717) is 0 Å². The highest BCUT2D eigenvalue weighted by atomic mass is 35.5. The Hall–Kier alpha value is -3.58.